The van der Waals surface area contributed by atoms with E-state index in [4.69, 9.17) is 12.2 Å². The van der Waals surface area contributed by atoms with Crippen LogP contribution >= 0.6 is 12.2 Å². The van der Waals surface area contributed by atoms with Crippen molar-refractivity contribution >= 4 is 18.4 Å². The number of nitrogens with zero attached hydrogens (tertiary/aromatic N) is 3. The van der Waals surface area contributed by atoms with Gasteiger partial charge in [0.2, 0.25) is 4.77 Å². The first-order chi connectivity index (χ1) is 9.79. The molecule has 0 radical (unpaired) electrons. The molecular weight excluding hydrogens is 291 g/mol. The van der Waals surface area contributed by atoms with Crippen molar-refractivity contribution in [2.24, 2.45) is 5.10 Å². The Morgan fingerprint density at radius 2 is 1.95 bits per heavy atom. The van der Waals surface area contributed by atoms with Crippen LogP contribution in [0, 0.1) is 10.6 Å². The van der Waals surface area contributed by atoms with Gasteiger partial charge < -0.3 is 0 Å². The predicted octanol–water partition coefficient (Wildman–Crippen LogP) is 2.62. The zero-order valence-corrected chi connectivity index (χ0v) is 12.7. The zero-order chi connectivity index (χ0) is 15.6. The summed E-state index contributed by atoms with van der Waals surface area (Å²) in [6.07, 6.45) is 1.44. The Balaban J connectivity index is 2.47. The highest BCUT2D eigenvalue weighted by atomic mass is 32.1. The summed E-state index contributed by atoms with van der Waals surface area (Å²) >= 11 is 5.03. The van der Waals surface area contributed by atoms with Crippen LogP contribution in [-0.4, -0.2) is 21.1 Å². The van der Waals surface area contributed by atoms with Crippen molar-refractivity contribution in [2.75, 3.05) is 0 Å². The van der Waals surface area contributed by atoms with E-state index in [1.54, 1.807) is 12.1 Å². The molecule has 0 amide bonds. The predicted molar refractivity (Wildman–Crippen MR) is 81.8 cm³/mol. The van der Waals surface area contributed by atoms with Crippen LogP contribution in [0.25, 0.3) is 0 Å². The molecule has 0 aliphatic carbocycles. The number of hydrogen-bond acceptors (Lipinski definition) is 4. The van der Waals surface area contributed by atoms with Gasteiger partial charge in [0.1, 0.15) is 11.5 Å². The number of aromatic nitrogens is 3. The fourth-order valence-electron chi connectivity index (χ4n) is 1.66. The lowest BCUT2D eigenvalue weighted by atomic mass is 9.93. The van der Waals surface area contributed by atoms with Crippen LogP contribution in [-0.2, 0) is 5.41 Å². The summed E-state index contributed by atoms with van der Waals surface area (Å²) in [7, 11) is 0. The van der Waals surface area contributed by atoms with Crippen LogP contribution < -0.4 is 5.56 Å². The van der Waals surface area contributed by atoms with E-state index in [0.29, 0.717) is 11.3 Å². The summed E-state index contributed by atoms with van der Waals surface area (Å²) < 4.78 is 14.0. The Morgan fingerprint density at radius 3 is 2.52 bits per heavy atom. The number of H-pyrrole nitrogens is 1. The molecule has 0 saturated carbocycles. The lowest BCUT2D eigenvalue weighted by Crippen LogP contribution is -2.32. The van der Waals surface area contributed by atoms with E-state index < -0.39 is 5.41 Å². The summed E-state index contributed by atoms with van der Waals surface area (Å²) in [4.78, 5) is 12.4. The summed E-state index contributed by atoms with van der Waals surface area (Å²) in [6.45, 7) is 5.63. The van der Waals surface area contributed by atoms with E-state index in [1.165, 1.54) is 18.3 Å². The van der Waals surface area contributed by atoms with E-state index in [-0.39, 0.29) is 16.1 Å². The fraction of sp³-hybridized carbons (Fsp3) is 0.286. The van der Waals surface area contributed by atoms with Gasteiger partial charge in [0.15, 0.2) is 0 Å². The van der Waals surface area contributed by atoms with Gasteiger partial charge in [-0.25, -0.2) is 4.39 Å². The maximum absolute atomic E-state index is 12.8. The highest BCUT2D eigenvalue weighted by Gasteiger charge is 2.21. The normalized spacial score (nSPS) is 12.0. The van der Waals surface area contributed by atoms with Gasteiger partial charge in [-0.3, -0.25) is 9.89 Å². The number of nitrogens with one attached hydrogen (secondary N) is 1. The van der Waals surface area contributed by atoms with Gasteiger partial charge in [-0.15, -0.1) is 0 Å². The first-order valence-electron chi connectivity index (χ1n) is 6.31. The Labute approximate surface area is 126 Å². The summed E-state index contributed by atoms with van der Waals surface area (Å²) in [5.41, 5.74) is 0.202. The first kappa shape index (κ1) is 15.2. The van der Waals surface area contributed by atoms with Crippen LogP contribution in [0.3, 0.4) is 0 Å². The molecule has 0 aliphatic heterocycles. The highest BCUT2D eigenvalue weighted by Crippen LogP contribution is 2.15. The quantitative estimate of drug-likeness (QED) is 0.685. The number of hydrogen-bond donors (Lipinski definition) is 1. The van der Waals surface area contributed by atoms with E-state index in [1.807, 2.05) is 20.8 Å². The van der Waals surface area contributed by atoms with E-state index >= 15 is 0 Å². The molecule has 1 heterocycles. The molecule has 7 heteroatoms. The molecule has 0 bridgehead atoms. The summed E-state index contributed by atoms with van der Waals surface area (Å²) in [5.74, 6) is -0.333. The maximum Gasteiger partial charge on any atom is 0.297 e. The molecule has 1 aromatic heterocycles. The van der Waals surface area contributed by atoms with Crippen LogP contribution in [0.2, 0.25) is 0 Å². The summed E-state index contributed by atoms with van der Waals surface area (Å²) in [5, 5.41) is 10.7. The first-order valence-corrected chi connectivity index (χ1v) is 6.72. The Kier molecular flexibility index (Phi) is 4.13. The van der Waals surface area contributed by atoms with E-state index in [9.17, 15) is 9.18 Å². The van der Waals surface area contributed by atoms with Gasteiger partial charge in [0.25, 0.3) is 5.56 Å². The minimum absolute atomic E-state index is 0.103. The van der Waals surface area contributed by atoms with E-state index in [0.717, 1.165) is 4.68 Å². The van der Waals surface area contributed by atoms with Gasteiger partial charge in [0, 0.05) is 5.41 Å². The van der Waals surface area contributed by atoms with Crippen molar-refractivity contribution in [1.29, 1.82) is 0 Å². The standard InChI is InChI=1S/C14H15FN4OS/c1-14(2,3)11-12(20)19(13(21)18-17-11)16-8-9-4-6-10(15)7-5-9/h4-8H,1-3H3,(H,18,21)/b16-8+. The third kappa shape index (κ3) is 3.49. The number of halogens is 1. The minimum Gasteiger partial charge on any atom is -0.265 e. The molecular formula is C14H15FN4OS. The van der Waals surface area contributed by atoms with Crippen molar-refractivity contribution in [3.8, 4) is 0 Å². The van der Waals surface area contributed by atoms with Crippen molar-refractivity contribution < 1.29 is 4.39 Å². The highest BCUT2D eigenvalue weighted by molar-refractivity contribution is 7.71. The minimum atomic E-state index is -0.427. The molecule has 0 atom stereocenters. The van der Waals surface area contributed by atoms with Crippen molar-refractivity contribution in [1.82, 2.24) is 14.9 Å². The smallest absolute Gasteiger partial charge is 0.265 e. The molecule has 0 unspecified atom stereocenters. The van der Waals surface area contributed by atoms with E-state index in [2.05, 4.69) is 15.3 Å². The van der Waals surface area contributed by atoms with Gasteiger partial charge in [0.05, 0.1) is 6.21 Å². The van der Waals surface area contributed by atoms with Crippen LogP contribution in [0.4, 0.5) is 4.39 Å². The SMILES string of the molecule is CC(C)(C)c1n[nH]c(=S)n(/N=C/c2ccc(F)cc2)c1=O. The molecule has 0 saturated heterocycles. The molecule has 110 valence electrons. The van der Waals surface area contributed by atoms with Crippen molar-refractivity contribution in [3.63, 3.8) is 0 Å². The van der Waals surface area contributed by atoms with Gasteiger partial charge in [-0.2, -0.15) is 14.9 Å². The van der Waals surface area contributed by atoms with Crippen molar-refractivity contribution in [2.45, 2.75) is 26.2 Å². The Bertz CT molecular complexity index is 784. The van der Waals surface area contributed by atoms with Crippen LogP contribution in [0.15, 0.2) is 34.2 Å². The fourth-order valence-corrected chi connectivity index (χ4v) is 1.83. The topological polar surface area (TPSA) is 63.0 Å². The van der Waals surface area contributed by atoms with Gasteiger partial charge in [-0.05, 0) is 29.9 Å². The molecule has 0 fully saturated rings. The summed E-state index contributed by atoms with van der Waals surface area (Å²) in [6, 6.07) is 5.75. The second kappa shape index (κ2) is 5.69. The Hall–Kier alpha value is -2.15. The van der Waals surface area contributed by atoms with Gasteiger partial charge in [-0.1, -0.05) is 32.9 Å². The second-order valence-corrected chi connectivity index (χ2v) is 5.93. The number of aromatic amines is 1. The zero-order valence-electron chi connectivity index (χ0n) is 11.9. The average molecular weight is 306 g/mol. The van der Waals surface area contributed by atoms with Crippen LogP contribution in [0.5, 0.6) is 0 Å². The molecule has 0 aliphatic rings. The molecule has 0 spiro atoms. The van der Waals surface area contributed by atoms with Gasteiger partial charge >= 0.3 is 0 Å². The molecule has 1 aromatic carbocycles. The number of rotatable bonds is 2. The third-order valence-corrected chi connectivity index (χ3v) is 3.02. The molecule has 2 rings (SSSR count). The third-order valence-electron chi connectivity index (χ3n) is 2.75. The number of benzene rings is 1. The molecule has 5 nitrogen and oxygen atoms in total. The molecule has 2 aromatic rings. The second-order valence-electron chi connectivity index (χ2n) is 5.54. The molecule has 21 heavy (non-hydrogen) atoms. The maximum atomic E-state index is 12.8. The van der Waals surface area contributed by atoms with Crippen LogP contribution in [0.1, 0.15) is 32.0 Å². The largest absolute Gasteiger partial charge is 0.297 e. The lowest BCUT2D eigenvalue weighted by molar-refractivity contribution is 0.529. The molecule has 1 N–H and O–H groups in total. The monoisotopic (exact) mass is 306 g/mol. The van der Waals surface area contributed by atoms with Crippen molar-refractivity contribution in [3.05, 3.63) is 56.5 Å². The average Bonchev–Trinajstić information content (AvgIpc) is 2.39. The lowest BCUT2D eigenvalue weighted by Gasteiger charge is -2.16. The Morgan fingerprint density at radius 1 is 1.33 bits per heavy atom.